The number of carbonyl (C=O) groups excluding carboxylic acids is 1. The predicted molar refractivity (Wildman–Crippen MR) is 94.3 cm³/mol. The van der Waals surface area contributed by atoms with Crippen molar-refractivity contribution in [1.82, 2.24) is 4.47 Å². The predicted octanol–water partition coefficient (Wildman–Crippen LogP) is 3.36. The lowest BCUT2D eigenvalue weighted by molar-refractivity contribution is -0.0258. The van der Waals surface area contributed by atoms with Crippen molar-refractivity contribution in [3.8, 4) is 5.75 Å². The number of para-hydroxylation sites is 1. The van der Waals surface area contributed by atoms with Gasteiger partial charge in [0.1, 0.15) is 10.6 Å². The highest BCUT2D eigenvalue weighted by atomic mass is 35.5. The van der Waals surface area contributed by atoms with Crippen molar-refractivity contribution in [2.24, 2.45) is 0 Å². The zero-order chi connectivity index (χ0) is 18.8. The van der Waals surface area contributed by atoms with Crippen LogP contribution in [-0.2, 0) is 14.9 Å². The summed E-state index contributed by atoms with van der Waals surface area (Å²) >= 11 is 5.98. The normalized spacial score (nSPS) is 11.6. The molecule has 0 aromatic heterocycles. The third-order valence-electron chi connectivity index (χ3n) is 3.64. The van der Waals surface area contributed by atoms with E-state index in [1.54, 1.807) is 0 Å². The fourth-order valence-corrected chi connectivity index (χ4v) is 3.65. The number of ether oxygens (including phenoxy) is 1. The van der Waals surface area contributed by atoms with E-state index in [0.29, 0.717) is 10.2 Å². The Hall–Kier alpha value is -1.93. The first-order valence-corrected chi connectivity index (χ1v) is 9.11. The lowest BCUT2D eigenvalue weighted by Crippen LogP contribution is -2.26. The van der Waals surface area contributed by atoms with Crippen molar-refractivity contribution in [2.75, 3.05) is 14.2 Å². The summed E-state index contributed by atoms with van der Waals surface area (Å²) in [6.07, 6.45) is 0. The van der Waals surface area contributed by atoms with E-state index in [-0.39, 0.29) is 15.5 Å². The molecule has 2 aromatic rings. The standard InChI is InChI=1S/C17H18ClNO5S/c1-11-6-5-7-12(2)16(11)24-17(20)13-8-9-14(18)15(10-13)25(21,22)19(3)23-4/h5-10H,1-4H3. The highest BCUT2D eigenvalue weighted by Crippen LogP contribution is 2.27. The van der Waals surface area contributed by atoms with Crippen molar-refractivity contribution in [1.29, 1.82) is 0 Å². The van der Waals surface area contributed by atoms with E-state index in [2.05, 4.69) is 0 Å². The molecule has 0 bridgehead atoms. The van der Waals surface area contributed by atoms with Crippen LogP contribution in [-0.4, -0.2) is 33.0 Å². The summed E-state index contributed by atoms with van der Waals surface area (Å²) in [5.41, 5.74) is 1.67. The molecule has 0 N–H and O–H groups in total. The number of hydrogen-bond donors (Lipinski definition) is 0. The summed E-state index contributed by atoms with van der Waals surface area (Å²) in [6.45, 7) is 3.64. The Morgan fingerprint density at radius 3 is 2.28 bits per heavy atom. The molecule has 2 rings (SSSR count). The van der Waals surface area contributed by atoms with E-state index >= 15 is 0 Å². The van der Waals surface area contributed by atoms with Gasteiger partial charge in [-0.25, -0.2) is 13.2 Å². The molecule has 0 radical (unpaired) electrons. The van der Waals surface area contributed by atoms with E-state index in [9.17, 15) is 13.2 Å². The summed E-state index contributed by atoms with van der Waals surface area (Å²) < 4.78 is 30.9. The summed E-state index contributed by atoms with van der Waals surface area (Å²) in [5.74, 6) is -0.230. The zero-order valence-electron chi connectivity index (χ0n) is 14.2. The maximum Gasteiger partial charge on any atom is 0.343 e. The molecule has 6 nitrogen and oxygen atoms in total. The zero-order valence-corrected chi connectivity index (χ0v) is 15.8. The van der Waals surface area contributed by atoms with Crippen LogP contribution < -0.4 is 4.74 Å². The van der Waals surface area contributed by atoms with Gasteiger partial charge in [-0.05, 0) is 43.2 Å². The Balaban J connectivity index is 2.41. The first-order valence-electron chi connectivity index (χ1n) is 7.29. The van der Waals surface area contributed by atoms with Crippen LogP contribution >= 0.6 is 11.6 Å². The SMILES string of the molecule is CON(C)S(=O)(=O)c1cc(C(=O)Oc2c(C)cccc2C)ccc1Cl. The quantitative estimate of drug-likeness (QED) is 0.449. The summed E-state index contributed by atoms with van der Waals surface area (Å²) in [6, 6.07) is 9.41. The molecule has 25 heavy (non-hydrogen) atoms. The van der Waals surface area contributed by atoms with Crippen LogP contribution in [0.4, 0.5) is 0 Å². The molecular weight excluding hydrogens is 366 g/mol. The fourth-order valence-electron chi connectivity index (χ4n) is 2.18. The summed E-state index contributed by atoms with van der Waals surface area (Å²) in [5, 5.41) is -0.0208. The summed E-state index contributed by atoms with van der Waals surface area (Å²) in [7, 11) is -1.55. The van der Waals surface area contributed by atoms with Crippen LogP contribution in [0, 0.1) is 13.8 Å². The average Bonchev–Trinajstić information content (AvgIpc) is 2.57. The highest BCUT2D eigenvalue weighted by Gasteiger charge is 2.25. The minimum atomic E-state index is -3.99. The molecule has 8 heteroatoms. The van der Waals surface area contributed by atoms with Crippen LogP contribution in [0.5, 0.6) is 5.75 Å². The second-order valence-corrected chi connectivity index (χ2v) is 7.66. The number of hydroxylamine groups is 1. The average molecular weight is 384 g/mol. The Morgan fingerprint density at radius 2 is 1.72 bits per heavy atom. The van der Waals surface area contributed by atoms with Gasteiger partial charge < -0.3 is 4.74 Å². The molecule has 0 unspecified atom stereocenters. The molecule has 0 amide bonds. The van der Waals surface area contributed by atoms with Gasteiger partial charge in [0.25, 0.3) is 10.0 Å². The Morgan fingerprint density at radius 1 is 1.12 bits per heavy atom. The van der Waals surface area contributed by atoms with Crippen LogP contribution in [0.15, 0.2) is 41.3 Å². The summed E-state index contributed by atoms with van der Waals surface area (Å²) in [4.78, 5) is 16.9. The second kappa shape index (κ2) is 7.53. The number of benzene rings is 2. The number of esters is 1. The minimum absolute atomic E-state index is 0.0208. The Bertz CT molecular complexity index is 891. The molecule has 0 atom stereocenters. The maximum absolute atomic E-state index is 12.4. The molecule has 134 valence electrons. The third kappa shape index (κ3) is 4.01. The van der Waals surface area contributed by atoms with Gasteiger partial charge in [0.15, 0.2) is 0 Å². The monoisotopic (exact) mass is 383 g/mol. The van der Waals surface area contributed by atoms with Gasteiger partial charge in [-0.2, -0.15) is 0 Å². The Kier molecular flexibility index (Phi) is 5.84. The molecule has 2 aromatic carbocycles. The molecule has 0 saturated heterocycles. The van der Waals surface area contributed by atoms with Crippen molar-refractivity contribution >= 4 is 27.6 Å². The lowest BCUT2D eigenvalue weighted by Gasteiger charge is -2.16. The van der Waals surface area contributed by atoms with E-state index in [1.165, 1.54) is 32.4 Å². The molecule has 0 aliphatic rings. The fraction of sp³-hybridized carbons (Fsp3) is 0.235. The van der Waals surface area contributed by atoms with Crippen LogP contribution in [0.2, 0.25) is 5.02 Å². The minimum Gasteiger partial charge on any atom is -0.422 e. The van der Waals surface area contributed by atoms with Gasteiger partial charge in [0.05, 0.1) is 17.7 Å². The number of hydrogen-bond acceptors (Lipinski definition) is 5. The van der Waals surface area contributed by atoms with Crippen molar-refractivity contribution in [2.45, 2.75) is 18.7 Å². The van der Waals surface area contributed by atoms with Gasteiger partial charge in [0, 0.05) is 7.05 Å². The van der Waals surface area contributed by atoms with E-state index in [1.807, 2.05) is 32.0 Å². The first-order chi connectivity index (χ1) is 11.7. The molecule has 0 fully saturated rings. The molecule has 0 heterocycles. The van der Waals surface area contributed by atoms with Gasteiger partial charge in [-0.3, -0.25) is 4.84 Å². The third-order valence-corrected chi connectivity index (χ3v) is 5.81. The Labute approximate surface area is 151 Å². The molecular formula is C17H18ClNO5S. The number of nitrogens with zero attached hydrogens (tertiary/aromatic N) is 1. The van der Waals surface area contributed by atoms with Crippen LogP contribution in [0.25, 0.3) is 0 Å². The van der Waals surface area contributed by atoms with Gasteiger partial charge in [0.2, 0.25) is 0 Å². The number of carbonyl (C=O) groups is 1. The number of halogens is 1. The van der Waals surface area contributed by atoms with Crippen molar-refractivity contribution < 1.29 is 22.8 Å². The topological polar surface area (TPSA) is 72.9 Å². The van der Waals surface area contributed by atoms with Gasteiger partial charge in [-0.1, -0.05) is 34.3 Å². The largest absolute Gasteiger partial charge is 0.422 e. The van der Waals surface area contributed by atoms with Gasteiger partial charge in [-0.15, -0.1) is 0 Å². The van der Waals surface area contributed by atoms with E-state index < -0.39 is 16.0 Å². The highest BCUT2D eigenvalue weighted by molar-refractivity contribution is 7.89. The van der Waals surface area contributed by atoms with E-state index in [0.717, 1.165) is 11.1 Å². The van der Waals surface area contributed by atoms with Gasteiger partial charge >= 0.3 is 5.97 Å². The maximum atomic E-state index is 12.4. The van der Waals surface area contributed by atoms with Crippen LogP contribution in [0.3, 0.4) is 0 Å². The van der Waals surface area contributed by atoms with Crippen molar-refractivity contribution in [3.63, 3.8) is 0 Å². The smallest absolute Gasteiger partial charge is 0.343 e. The molecule has 0 spiro atoms. The number of rotatable bonds is 5. The molecule has 0 saturated carbocycles. The number of sulfonamides is 1. The second-order valence-electron chi connectivity index (χ2n) is 5.35. The molecule has 0 aliphatic carbocycles. The van der Waals surface area contributed by atoms with Crippen molar-refractivity contribution in [3.05, 3.63) is 58.1 Å². The van der Waals surface area contributed by atoms with E-state index in [4.69, 9.17) is 21.2 Å². The molecule has 0 aliphatic heterocycles. The van der Waals surface area contributed by atoms with Crippen LogP contribution in [0.1, 0.15) is 21.5 Å². The lowest BCUT2D eigenvalue weighted by atomic mass is 10.1. The first kappa shape index (κ1) is 19.4. The number of aryl methyl sites for hydroxylation is 2.